The van der Waals surface area contributed by atoms with Crippen LogP contribution in [0.3, 0.4) is 0 Å². The normalized spacial score (nSPS) is 17.8. The Kier molecular flexibility index (Phi) is 9.03. The zero-order valence-electron chi connectivity index (χ0n) is 20.4. The lowest BCUT2D eigenvalue weighted by atomic mass is 9.97. The van der Waals surface area contributed by atoms with Gasteiger partial charge in [-0.2, -0.15) is 0 Å². The fourth-order valence-electron chi connectivity index (χ4n) is 4.82. The Morgan fingerprint density at radius 2 is 1.81 bits per heavy atom. The summed E-state index contributed by atoms with van der Waals surface area (Å²) >= 11 is 12.8. The van der Waals surface area contributed by atoms with E-state index in [0.29, 0.717) is 28.8 Å². The molecule has 3 heterocycles. The Morgan fingerprint density at radius 1 is 1.11 bits per heavy atom. The molecule has 0 aliphatic carbocycles. The van der Waals surface area contributed by atoms with Gasteiger partial charge in [-0.05, 0) is 36.4 Å². The number of piperazine rings is 1. The summed E-state index contributed by atoms with van der Waals surface area (Å²) in [7, 11) is 0. The van der Waals surface area contributed by atoms with Gasteiger partial charge in [0.2, 0.25) is 18.0 Å². The van der Waals surface area contributed by atoms with Crippen LogP contribution in [0, 0.1) is 0 Å². The molecule has 5 rings (SSSR count). The number of rotatable bonds is 7. The van der Waals surface area contributed by atoms with Crippen molar-refractivity contribution in [1.29, 1.82) is 0 Å². The summed E-state index contributed by atoms with van der Waals surface area (Å²) in [5.41, 5.74) is 1.81. The highest BCUT2D eigenvalue weighted by atomic mass is 79.9. The number of amides is 1. The second-order valence-corrected chi connectivity index (χ2v) is 9.70. The molecule has 8 nitrogen and oxygen atoms in total. The van der Waals surface area contributed by atoms with Gasteiger partial charge in [-0.1, -0.05) is 29.3 Å². The molecule has 1 aromatic heterocycles. The monoisotopic (exact) mass is 610 g/mol. The topological polar surface area (TPSA) is 70.9 Å². The van der Waals surface area contributed by atoms with Gasteiger partial charge in [0, 0.05) is 49.4 Å². The second kappa shape index (κ2) is 12.0. The van der Waals surface area contributed by atoms with Crippen molar-refractivity contribution in [3.8, 4) is 5.75 Å². The molecule has 11 heteroatoms. The van der Waals surface area contributed by atoms with Gasteiger partial charge in [-0.15, -0.1) is 0 Å². The summed E-state index contributed by atoms with van der Waals surface area (Å²) in [5, 5.41) is 1.02. The summed E-state index contributed by atoms with van der Waals surface area (Å²) < 4.78 is 20.7. The SMILES string of the molecule is CC(=O)N1CCN(c2ccc(OCC([n+]3cc[nH]c3)C3(c4ccc(Cl)cc4Cl)OCCO3)cc2)CC1.[Br-]. The van der Waals surface area contributed by atoms with Crippen molar-refractivity contribution in [3.63, 3.8) is 0 Å². The van der Waals surface area contributed by atoms with Crippen molar-refractivity contribution in [3.05, 3.63) is 76.8 Å². The molecule has 37 heavy (non-hydrogen) atoms. The van der Waals surface area contributed by atoms with Gasteiger partial charge < -0.3 is 41.0 Å². The molecular formula is C26H29BrCl2N4O4. The molecular weight excluding hydrogens is 583 g/mol. The minimum Gasteiger partial charge on any atom is -1.00 e. The van der Waals surface area contributed by atoms with Gasteiger partial charge in [-0.3, -0.25) is 9.78 Å². The van der Waals surface area contributed by atoms with Gasteiger partial charge in [-0.25, -0.2) is 4.57 Å². The number of hydrogen-bond donors (Lipinski definition) is 1. The summed E-state index contributed by atoms with van der Waals surface area (Å²) in [6, 6.07) is 13.0. The predicted octanol–water partition coefficient (Wildman–Crippen LogP) is 0.801. The van der Waals surface area contributed by atoms with E-state index in [1.54, 1.807) is 19.1 Å². The highest BCUT2D eigenvalue weighted by Crippen LogP contribution is 2.43. The number of halogens is 3. The summed E-state index contributed by atoms with van der Waals surface area (Å²) in [6.07, 6.45) is 5.59. The molecule has 0 radical (unpaired) electrons. The van der Waals surface area contributed by atoms with Gasteiger partial charge in [0.15, 0.2) is 6.04 Å². The zero-order chi connectivity index (χ0) is 25.1. The van der Waals surface area contributed by atoms with Gasteiger partial charge in [0.05, 0.1) is 18.2 Å². The lowest BCUT2D eigenvalue weighted by Gasteiger charge is -2.35. The third kappa shape index (κ3) is 5.91. The standard InChI is InChI=1S/C26H28Cl2N4O4.BrH/c1-19(33)30-10-12-31(13-11-30)21-3-5-22(6-4-21)34-17-25(32-9-8-29-18-32)26(35-14-15-36-26)23-7-2-20(27)16-24(23)28;/h2-9,16,18,25H,10-15,17H2,1H3;1H. The fourth-order valence-corrected chi connectivity index (χ4v) is 5.36. The lowest BCUT2D eigenvalue weighted by Crippen LogP contribution is -3.00. The number of hydrogen-bond acceptors (Lipinski definition) is 5. The van der Waals surface area contributed by atoms with Crippen molar-refractivity contribution in [2.45, 2.75) is 18.8 Å². The van der Waals surface area contributed by atoms with Crippen LogP contribution in [0.5, 0.6) is 5.75 Å². The third-order valence-electron chi connectivity index (χ3n) is 6.72. The Morgan fingerprint density at radius 3 is 2.41 bits per heavy atom. The number of carbonyl (C=O) groups is 1. The fraction of sp³-hybridized carbons (Fsp3) is 0.385. The molecule has 2 fully saturated rings. The Hall–Kier alpha value is -2.30. The number of imidazole rings is 1. The molecule has 1 atom stereocenters. The second-order valence-electron chi connectivity index (χ2n) is 8.86. The minimum atomic E-state index is -1.13. The summed E-state index contributed by atoms with van der Waals surface area (Å²) in [5.74, 6) is -0.274. The van der Waals surface area contributed by atoms with Crippen LogP contribution < -0.4 is 31.2 Å². The number of aromatic nitrogens is 2. The maximum atomic E-state index is 11.6. The first-order valence-corrected chi connectivity index (χ1v) is 12.7. The van der Waals surface area contributed by atoms with Crippen LogP contribution in [0.15, 0.2) is 61.2 Å². The Labute approximate surface area is 236 Å². The summed E-state index contributed by atoms with van der Waals surface area (Å²) in [4.78, 5) is 18.8. The molecule has 2 aliphatic rings. The van der Waals surface area contributed by atoms with Crippen molar-refractivity contribution in [2.24, 2.45) is 0 Å². The number of benzene rings is 2. The highest BCUT2D eigenvalue weighted by Gasteiger charge is 2.51. The van der Waals surface area contributed by atoms with Crippen LogP contribution in [-0.4, -0.2) is 61.8 Å². The number of ether oxygens (including phenoxy) is 3. The molecule has 0 spiro atoms. The largest absolute Gasteiger partial charge is 1.00 e. The highest BCUT2D eigenvalue weighted by molar-refractivity contribution is 6.35. The van der Waals surface area contributed by atoms with Crippen molar-refractivity contribution in [2.75, 3.05) is 50.9 Å². The van der Waals surface area contributed by atoms with E-state index in [1.165, 1.54) is 0 Å². The first-order chi connectivity index (χ1) is 17.5. The number of anilines is 1. The van der Waals surface area contributed by atoms with Crippen LogP contribution in [-0.2, 0) is 20.1 Å². The maximum Gasteiger partial charge on any atom is 0.242 e. The molecule has 1 N–H and O–H groups in total. The zero-order valence-corrected chi connectivity index (χ0v) is 23.5. The lowest BCUT2D eigenvalue weighted by molar-refractivity contribution is -0.748. The number of aromatic amines is 1. The van der Waals surface area contributed by atoms with E-state index in [0.717, 1.165) is 37.6 Å². The average Bonchev–Trinajstić information content (AvgIpc) is 3.58. The smallest absolute Gasteiger partial charge is 0.242 e. The number of nitrogens with zero attached hydrogens (tertiary/aromatic N) is 3. The predicted molar refractivity (Wildman–Crippen MR) is 136 cm³/mol. The molecule has 1 amide bonds. The van der Waals surface area contributed by atoms with Crippen LogP contribution >= 0.6 is 23.2 Å². The first-order valence-electron chi connectivity index (χ1n) is 12.0. The van der Waals surface area contributed by atoms with Gasteiger partial charge in [0.1, 0.15) is 24.8 Å². The number of nitrogens with one attached hydrogen (secondary N) is 1. The average molecular weight is 612 g/mol. The first kappa shape index (κ1) is 27.7. The van der Waals surface area contributed by atoms with E-state index in [1.807, 2.05) is 58.5 Å². The molecule has 0 bridgehead atoms. The maximum absolute atomic E-state index is 11.6. The van der Waals surface area contributed by atoms with E-state index >= 15 is 0 Å². The molecule has 2 aliphatic heterocycles. The molecule has 198 valence electrons. The van der Waals surface area contributed by atoms with E-state index in [-0.39, 0.29) is 35.5 Å². The van der Waals surface area contributed by atoms with Crippen LogP contribution in [0.4, 0.5) is 5.69 Å². The Balaban J connectivity index is 0.00000320. The third-order valence-corrected chi connectivity index (χ3v) is 7.27. The van der Waals surface area contributed by atoms with Crippen molar-refractivity contribution < 1.29 is 40.6 Å². The quantitative estimate of drug-likeness (QED) is 0.401. The summed E-state index contributed by atoms with van der Waals surface area (Å²) in [6.45, 7) is 5.86. The minimum absolute atomic E-state index is 0. The molecule has 1 unspecified atom stereocenters. The Bertz CT molecular complexity index is 1180. The molecule has 2 aromatic carbocycles. The van der Waals surface area contributed by atoms with E-state index in [2.05, 4.69) is 9.88 Å². The van der Waals surface area contributed by atoms with Crippen molar-refractivity contribution >= 4 is 34.8 Å². The van der Waals surface area contributed by atoms with Crippen molar-refractivity contribution in [1.82, 2.24) is 9.88 Å². The molecule has 0 saturated carbocycles. The number of H-pyrrole nitrogens is 1. The molecule has 3 aromatic rings. The number of carbonyl (C=O) groups excluding carboxylic acids is 1. The molecule has 2 saturated heterocycles. The van der Waals surface area contributed by atoms with Crippen LogP contribution in [0.1, 0.15) is 18.5 Å². The van der Waals surface area contributed by atoms with Crippen LogP contribution in [0.25, 0.3) is 0 Å². The van der Waals surface area contributed by atoms with E-state index < -0.39 is 5.79 Å². The van der Waals surface area contributed by atoms with Gasteiger partial charge >= 0.3 is 0 Å². The van der Waals surface area contributed by atoms with E-state index in [9.17, 15) is 4.79 Å². The van der Waals surface area contributed by atoms with Gasteiger partial charge in [0.25, 0.3) is 0 Å². The van der Waals surface area contributed by atoms with Crippen LogP contribution in [0.2, 0.25) is 10.0 Å². The van der Waals surface area contributed by atoms with E-state index in [4.69, 9.17) is 37.4 Å².